The number of hydrogen-bond acceptors (Lipinski definition) is 1. The molecule has 0 N–H and O–H groups in total. The molecule has 1 aliphatic heterocycles. The predicted molar refractivity (Wildman–Crippen MR) is 69.9 cm³/mol. The number of rotatable bonds is 0. The van der Waals surface area contributed by atoms with Crippen molar-refractivity contribution in [3.8, 4) is 0 Å². The molecule has 2 aromatic carbocycles. The molecule has 17 heavy (non-hydrogen) atoms. The molecule has 0 saturated carbocycles. The van der Waals surface area contributed by atoms with Gasteiger partial charge in [-0.05, 0) is 47.7 Å². The first-order valence-corrected chi connectivity index (χ1v) is 6.72. The average molecular weight is 244 g/mol. The van der Waals surface area contributed by atoms with E-state index in [1.807, 2.05) is 24.8 Å². The van der Waals surface area contributed by atoms with Gasteiger partial charge in [0, 0.05) is 10.6 Å². The van der Waals surface area contributed by atoms with Gasteiger partial charge >= 0.3 is 0 Å². The van der Waals surface area contributed by atoms with E-state index in [1.165, 1.54) is 21.6 Å². The molecule has 0 bridgehead atoms. The van der Waals surface area contributed by atoms with Crippen LogP contribution in [0.4, 0.5) is 4.39 Å². The maximum atomic E-state index is 13.6. The summed E-state index contributed by atoms with van der Waals surface area (Å²) in [5.41, 5.74) is 4.60. The van der Waals surface area contributed by atoms with E-state index in [9.17, 15) is 4.39 Å². The van der Waals surface area contributed by atoms with Crippen molar-refractivity contribution in [1.29, 1.82) is 0 Å². The third-order valence-corrected chi connectivity index (χ3v) is 4.50. The maximum absolute atomic E-state index is 13.6. The summed E-state index contributed by atoms with van der Waals surface area (Å²) in [6.07, 6.45) is 0.916. The highest BCUT2D eigenvalue weighted by molar-refractivity contribution is 7.98. The van der Waals surface area contributed by atoms with Crippen LogP contribution in [0.15, 0.2) is 41.3 Å². The molecule has 3 rings (SSSR count). The highest BCUT2D eigenvalue weighted by Gasteiger charge is 2.16. The fourth-order valence-electron chi connectivity index (χ4n) is 2.30. The van der Waals surface area contributed by atoms with Gasteiger partial charge in [-0.1, -0.05) is 24.3 Å². The summed E-state index contributed by atoms with van der Waals surface area (Å²) in [7, 11) is 0. The van der Waals surface area contributed by atoms with Crippen LogP contribution in [0.25, 0.3) is 0 Å². The lowest BCUT2D eigenvalue weighted by Gasteiger charge is -2.09. The predicted octanol–water partition coefficient (Wildman–Crippen LogP) is 4.33. The van der Waals surface area contributed by atoms with Crippen LogP contribution in [0.5, 0.6) is 0 Å². The molecular formula is C15H13FS. The highest BCUT2D eigenvalue weighted by atomic mass is 32.2. The highest BCUT2D eigenvalue weighted by Crippen LogP contribution is 2.35. The van der Waals surface area contributed by atoms with E-state index < -0.39 is 0 Å². The van der Waals surface area contributed by atoms with E-state index in [0.717, 1.165) is 17.7 Å². The summed E-state index contributed by atoms with van der Waals surface area (Å²) in [6, 6.07) is 12.0. The van der Waals surface area contributed by atoms with Gasteiger partial charge in [0.1, 0.15) is 5.82 Å². The van der Waals surface area contributed by atoms with Crippen LogP contribution in [0.3, 0.4) is 0 Å². The van der Waals surface area contributed by atoms with Gasteiger partial charge in [-0.15, -0.1) is 11.8 Å². The first-order valence-electron chi connectivity index (χ1n) is 5.73. The molecule has 0 spiro atoms. The monoisotopic (exact) mass is 244 g/mol. The summed E-state index contributed by atoms with van der Waals surface area (Å²) in [6.45, 7) is 1.88. The van der Waals surface area contributed by atoms with Crippen molar-refractivity contribution < 1.29 is 4.39 Å². The molecule has 2 heteroatoms. The molecule has 0 radical (unpaired) electrons. The average Bonchev–Trinajstić information content (AvgIpc) is 2.53. The van der Waals surface area contributed by atoms with E-state index in [0.29, 0.717) is 0 Å². The van der Waals surface area contributed by atoms with E-state index in [4.69, 9.17) is 0 Å². The zero-order chi connectivity index (χ0) is 11.8. The fraction of sp³-hybridized carbons (Fsp3) is 0.200. The molecule has 0 fully saturated rings. The summed E-state index contributed by atoms with van der Waals surface area (Å²) in [4.78, 5) is 1.32. The Kier molecular flexibility index (Phi) is 2.67. The van der Waals surface area contributed by atoms with Gasteiger partial charge in [-0.3, -0.25) is 0 Å². The van der Waals surface area contributed by atoms with Crippen LogP contribution in [0.1, 0.15) is 22.3 Å². The van der Waals surface area contributed by atoms with Gasteiger partial charge in [0.15, 0.2) is 0 Å². The smallest absolute Gasteiger partial charge is 0.126 e. The molecule has 86 valence electrons. The Morgan fingerprint density at radius 1 is 1.06 bits per heavy atom. The molecule has 1 aliphatic rings. The molecule has 1 heterocycles. The van der Waals surface area contributed by atoms with Crippen molar-refractivity contribution in [3.05, 3.63) is 64.5 Å². The number of benzene rings is 2. The van der Waals surface area contributed by atoms with Crippen molar-refractivity contribution in [1.82, 2.24) is 0 Å². The Balaban J connectivity index is 2.13. The Bertz CT molecular complexity index is 575. The topological polar surface area (TPSA) is 0 Å². The minimum Gasteiger partial charge on any atom is -0.207 e. The quantitative estimate of drug-likeness (QED) is 0.664. The Morgan fingerprint density at radius 3 is 2.76 bits per heavy atom. The normalized spacial score (nSPS) is 13.8. The summed E-state index contributed by atoms with van der Waals surface area (Å²) >= 11 is 1.81. The van der Waals surface area contributed by atoms with Crippen LogP contribution < -0.4 is 0 Å². The first kappa shape index (κ1) is 10.8. The molecule has 0 saturated heterocycles. The fourth-order valence-corrected chi connectivity index (χ4v) is 3.50. The second kappa shape index (κ2) is 4.19. The van der Waals surface area contributed by atoms with Crippen LogP contribution in [0, 0.1) is 12.7 Å². The van der Waals surface area contributed by atoms with Gasteiger partial charge in [0.05, 0.1) is 0 Å². The number of halogens is 1. The largest absolute Gasteiger partial charge is 0.207 e. The Labute approximate surface area is 105 Å². The minimum atomic E-state index is -0.0877. The Hall–Kier alpha value is -1.28. The zero-order valence-electron chi connectivity index (χ0n) is 9.66. The summed E-state index contributed by atoms with van der Waals surface area (Å²) in [5.74, 6) is 0.783. The third kappa shape index (κ3) is 1.87. The summed E-state index contributed by atoms with van der Waals surface area (Å²) < 4.78 is 13.6. The molecule has 0 atom stereocenters. The van der Waals surface area contributed by atoms with Gasteiger partial charge in [0.25, 0.3) is 0 Å². The molecule has 0 aromatic heterocycles. The lowest BCUT2D eigenvalue weighted by atomic mass is 9.97. The van der Waals surface area contributed by atoms with Gasteiger partial charge in [0.2, 0.25) is 0 Å². The van der Waals surface area contributed by atoms with Gasteiger partial charge in [-0.2, -0.15) is 0 Å². The second-order valence-corrected chi connectivity index (χ2v) is 5.40. The van der Waals surface area contributed by atoms with Crippen molar-refractivity contribution in [2.75, 3.05) is 0 Å². The molecule has 2 aromatic rings. The van der Waals surface area contributed by atoms with Crippen molar-refractivity contribution in [3.63, 3.8) is 0 Å². The SMILES string of the molecule is Cc1c(F)ccc2c1CSc1ccccc1C2. The molecule has 0 amide bonds. The van der Waals surface area contributed by atoms with E-state index in [1.54, 1.807) is 6.07 Å². The standard InChI is InChI=1S/C15H13FS/c1-10-13-9-17-15-5-3-2-4-12(15)8-11(13)6-7-14(10)16/h2-7H,8-9H2,1H3. The van der Waals surface area contributed by atoms with Crippen LogP contribution >= 0.6 is 11.8 Å². The zero-order valence-corrected chi connectivity index (χ0v) is 10.5. The van der Waals surface area contributed by atoms with E-state index >= 15 is 0 Å². The van der Waals surface area contributed by atoms with Crippen LogP contribution in [0.2, 0.25) is 0 Å². The van der Waals surface area contributed by atoms with Crippen LogP contribution in [-0.2, 0) is 12.2 Å². The van der Waals surface area contributed by atoms with E-state index in [-0.39, 0.29) is 5.82 Å². The Morgan fingerprint density at radius 2 is 1.88 bits per heavy atom. The molecular weight excluding hydrogens is 231 g/mol. The number of hydrogen-bond donors (Lipinski definition) is 0. The lowest BCUT2D eigenvalue weighted by Crippen LogP contribution is -1.97. The molecule has 0 unspecified atom stereocenters. The van der Waals surface area contributed by atoms with Gasteiger partial charge in [-0.25, -0.2) is 4.39 Å². The second-order valence-electron chi connectivity index (χ2n) is 4.38. The first-order chi connectivity index (χ1) is 8.25. The number of thioether (sulfide) groups is 1. The number of fused-ring (bicyclic) bond motifs is 2. The molecule has 0 aliphatic carbocycles. The van der Waals surface area contributed by atoms with Crippen molar-refractivity contribution in [2.45, 2.75) is 24.0 Å². The minimum absolute atomic E-state index is 0.0877. The lowest BCUT2D eigenvalue weighted by molar-refractivity contribution is 0.615. The third-order valence-electron chi connectivity index (χ3n) is 3.35. The van der Waals surface area contributed by atoms with Crippen LogP contribution in [-0.4, -0.2) is 0 Å². The molecule has 0 nitrogen and oxygen atoms in total. The van der Waals surface area contributed by atoms with Crippen molar-refractivity contribution in [2.24, 2.45) is 0 Å². The van der Waals surface area contributed by atoms with Crippen molar-refractivity contribution >= 4 is 11.8 Å². The van der Waals surface area contributed by atoms with Gasteiger partial charge < -0.3 is 0 Å². The summed E-state index contributed by atoms with van der Waals surface area (Å²) in [5, 5.41) is 0. The van der Waals surface area contributed by atoms with E-state index in [2.05, 4.69) is 24.3 Å². The maximum Gasteiger partial charge on any atom is 0.126 e.